The average Bonchev–Trinajstić information content (AvgIpc) is 3.37. The first kappa shape index (κ1) is 24.3. The lowest BCUT2D eigenvalue weighted by atomic mass is 9.92. The minimum Gasteiger partial charge on any atom is -0.492 e. The van der Waals surface area contributed by atoms with Gasteiger partial charge in [0.05, 0.1) is 24.0 Å². The van der Waals surface area contributed by atoms with Gasteiger partial charge in [0, 0.05) is 41.9 Å². The number of hydrazone groups is 1. The number of nitrogens with zero attached hydrogens (tertiary/aromatic N) is 3. The number of likely N-dealkylation sites (N-methyl/N-ethyl adjacent to an activating group) is 1. The summed E-state index contributed by atoms with van der Waals surface area (Å²) < 4.78 is 20.4. The van der Waals surface area contributed by atoms with Gasteiger partial charge in [-0.15, -0.1) is 0 Å². The molecule has 0 fully saturated rings. The lowest BCUT2D eigenvalue weighted by molar-refractivity contribution is 0.260. The number of aromatic nitrogens is 2. The summed E-state index contributed by atoms with van der Waals surface area (Å²) in [7, 11) is 3.96. The molecule has 0 unspecified atom stereocenters. The van der Waals surface area contributed by atoms with E-state index in [1.807, 2.05) is 25.1 Å². The van der Waals surface area contributed by atoms with Gasteiger partial charge in [0.1, 0.15) is 23.9 Å². The highest BCUT2D eigenvalue weighted by Crippen LogP contribution is 2.33. The maximum absolute atomic E-state index is 14.6. The highest BCUT2D eigenvalue weighted by atomic mass is 19.1. The van der Waals surface area contributed by atoms with E-state index in [4.69, 9.17) is 9.84 Å². The highest BCUT2D eigenvalue weighted by Gasteiger charge is 2.21. The van der Waals surface area contributed by atoms with Crippen molar-refractivity contribution in [3.63, 3.8) is 0 Å². The van der Waals surface area contributed by atoms with E-state index in [9.17, 15) is 4.39 Å². The van der Waals surface area contributed by atoms with E-state index in [-0.39, 0.29) is 5.82 Å². The van der Waals surface area contributed by atoms with Crippen molar-refractivity contribution in [3.05, 3.63) is 89.1 Å². The molecule has 4 heterocycles. The number of hydrogen-bond donors (Lipinski definition) is 3. The van der Waals surface area contributed by atoms with Gasteiger partial charge in [0.25, 0.3) is 0 Å². The minimum absolute atomic E-state index is 0.343. The summed E-state index contributed by atoms with van der Waals surface area (Å²) >= 11 is 0. The summed E-state index contributed by atoms with van der Waals surface area (Å²) in [4.78, 5) is 9.97. The number of nitrogens with one attached hydrogen (secondary N) is 3. The van der Waals surface area contributed by atoms with Crippen LogP contribution in [0.3, 0.4) is 0 Å². The minimum atomic E-state index is -0.343. The van der Waals surface area contributed by atoms with Gasteiger partial charge in [-0.1, -0.05) is 18.2 Å². The molecule has 0 saturated carbocycles. The van der Waals surface area contributed by atoms with Crippen LogP contribution in [0.5, 0.6) is 5.75 Å². The van der Waals surface area contributed by atoms with Crippen LogP contribution in [0.1, 0.15) is 28.8 Å². The smallest absolute Gasteiger partial charge is 0.127 e. The Kier molecular flexibility index (Phi) is 6.66. The van der Waals surface area contributed by atoms with Crippen LogP contribution in [-0.2, 0) is 6.54 Å². The van der Waals surface area contributed by atoms with Gasteiger partial charge in [0.2, 0.25) is 0 Å². The van der Waals surface area contributed by atoms with Crippen molar-refractivity contribution < 1.29 is 9.13 Å². The van der Waals surface area contributed by atoms with Crippen molar-refractivity contribution in [3.8, 4) is 16.9 Å². The van der Waals surface area contributed by atoms with Crippen LogP contribution in [0.2, 0.25) is 0 Å². The number of benzene rings is 2. The maximum atomic E-state index is 14.6. The van der Waals surface area contributed by atoms with E-state index in [0.717, 1.165) is 65.1 Å². The van der Waals surface area contributed by atoms with E-state index in [1.54, 1.807) is 12.4 Å². The first-order valence-corrected chi connectivity index (χ1v) is 12.9. The zero-order valence-electron chi connectivity index (χ0n) is 21.6. The number of rotatable bonds is 7. The molecule has 0 bridgehead atoms. The third-order valence-corrected chi connectivity index (χ3v) is 7.05. The van der Waals surface area contributed by atoms with Crippen molar-refractivity contribution in [2.75, 3.05) is 40.3 Å². The van der Waals surface area contributed by atoms with E-state index >= 15 is 0 Å². The Labute approximate surface area is 221 Å². The molecular formula is C30H31FN6O. The van der Waals surface area contributed by atoms with Gasteiger partial charge < -0.3 is 25.4 Å². The van der Waals surface area contributed by atoms with E-state index < -0.39 is 0 Å². The molecule has 0 aliphatic carbocycles. The molecule has 2 aromatic carbocycles. The molecule has 0 spiro atoms. The summed E-state index contributed by atoms with van der Waals surface area (Å²) in [5.41, 5.74) is 12.3. The first-order chi connectivity index (χ1) is 18.5. The average molecular weight is 511 g/mol. The SMILES string of the molecule is CN(C)CCOc1cc(F)cc(-c2cncc3[nH]c(C4=NNCc5ccc(C6=CCNCC6)cc54)cc23)c1. The molecule has 0 atom stereocenters. The molecule has 2 aliphatic heterocycles. The van der Waals surface area contributed by atoms with Crippen LogP contribution in [0.4, 0.5) is 4.39 Å². The molecule has 2 aromatic heterocycles. The van der Waals surface area contributed by atoms with E-state index in [1.165, 1.54) is 28.8 Å². The molecular weight excluding hydrogens is 479 g/mol. The van der Waals surface area contributed by atoms with E-state index in [2.05, 4.69) is 51.1 Å². The normalized spacial score (nSPS) is 15.2. The molecule has 0 radical (unpaired) electrons. The Morgan fingerprint density at radius 1 is 1.03 bits per heavy atom. The van der Waals surface area contributed by atoms with Gasteiger partial charge in [-0.05, 0) is 73.6 Å². The van der Waals surface area contributed by atoms with Crippen LogP contribution in [0, 0.1) is 5.82 Å². The Hall–Kier alpha value is -4.01. The fraction of sp³-hybridized carbons (Fsp3) is 0.267. The number of aromatic amines is 1. The number of pyridine rings is 1. The van der Waals surface area contributed by atoms with Crippen LogP contribution in [0.15, 0.2) is 66.0 Å². The predicted molar refractivity (Wildman–Crippen MR) is 150 cm³/mol. The third kappa shape index (κ3) is 4.92. The molecule has 194 valence electrons. The Balaban J connectivity index is 1.37. The van der Waals surface area contributed by atoms with Crippen LogP contribution < -0.4 is 15.5 Å². The van der Waals surface area contributed by atoms with E-state index in [0.29, 0.717) is 18.9 Å². The Morgan fingerprint density at radius 2 is 1.95 bits per heavy atom. The second-order valence-corrected chi connectivity index (χ2v) is 10.0. The van der Waals surface area contributed by atoms with Crippen molar-refractivity contribution in [2.45, 2.75) is 13.0 Å². The van der Waals surface area contributed by atoms with Crippen molar-refractivity contribution in [2.24, 2.45) is 5.10 Å². The van der Waals surface area contributed by atoms with Crippen molar-refractivity contribution in [1.29, 1.82) is 0 Å². The molecule has 0 saturated heterocycles. The third-order valence-electron chi connectivity index (χ3n) is 7.05. The molecule has 6 rings (SSSR count). The van der Waals surface area contributed by atoms with Crippen LogP contribution in [-0.4, -0.2) is 60.9 Å². The fourth-order valence-electron chi connectivity index (χ4n) is 5.06. The number of H-pyrrole nitrogens is 1. The molecule has 7 nitrogen and oxygen atoms in total. The summed E-state index contributed by atoms with van der Waals surface area (Å²) in [5, 5.41) is 9.03. The second-order valence-electron chi connectivity index (χ2n) is 10.0. The van der Waals surface area contributed by atoms with Crippen LogP contribution in [0.25, 0.3) is 27.6 Å². The van der Waals surface area contributed by atoms with Crippen molar-refractivity contribution in [1.82, 2.24) is 25.6 Å². The van der Waals surface area contributed by atoms with Crippen molar-refractivity contribution >= 4 is 22.2 Å². The number of hydrogen-bond acceptors (Lipinski definition) is 6. The number of fused-ring (bicyclic) bond motifs is 2. The largest absolute Gasteiger partial charge is 0.492 e. The lowest BCUT2D eigenvalue weighted by Crippen LogP contribution is -2.22. The van der Waals surface area contributed by atoms with Gasteiger partial charge in [-0.3, -0.25) is 4.98 Å². The summed E-state index contributed by atoms with van der Waals surface area (Å²) in [5.74, 6) is 0.161. The highest BCUT2D eigenvalue weighted by molar-refractivity contribution is 6.16. The second kappa shape index (κ2) is 10.4. The zero-order chi connectivity index (χ0) is 26.1. The van der Waals surface area contributed by atoms with Gasteiger partial charge in [-0.25, -0.2) is 4.39 Å². The molecule has 8 heteroatoms. The fourth-order valence-corrected chi connectivity index (χ4v) is 5.06. The number of ether oxygens (including phenoxy) is 1. The van der Waals surface area contributed by atoms with Gasteiger partial charge in [0.15, 0.2) is 0 Å². The summed E-state index contributed by atoms with van der Waals surface area (Å²) in [6.45, 7) is 3.81. The standard InChI is InChI=1S/C30H31FN6O/c1-37(2)9-10-38-24-12-22(11-23(31)14-24)27-17-33-18-29-26(27)15-28(35-29)30-25-13-20(19-5-7-32-8-6-19)3-4-21(25)16-34-36-30/h3-5,11-15,17-18,32,34-35H,6-10,16H2,1-2H3. The zero-order valence-corrected chi connectivity index (χ0v) is 21.6. The Bertz CT molecular complexity index is 1550. The molecule has 0 amide bonds. The topological polar surface area (TPSA) is 77.6 Å². The monoisotopic (exact) mass is 510 g/mol. The summed E-state index contributed by atoms with van der Waals surface area (Å²) in [6, 6.07) is 13.5. The van der Waals surface area contributed by atoms with Gasteiger partial charge >= 0.3 is 0 Å². The lowest BCUT2D eigenvalue weighted by Gasteiger charge is -2.20. The molecule has 3 N–H and O–H groups in total. The molecule has 38 heavy (non-hydrogen) atoms. The first-order valence-electron chi connectivity index (χ1n) is 12.9. The predicted octanol–water partition coefficient (Wildman–Crippen LogP) is 4.54. The van der Waals surface area contributed by atoms with Crippen LogP contribution >= 0.6 is 0 Å². The molecule has 2 aliphatic rings. The Morgan fingerprint density at radius 3 is 2.79 bits per heavy atom. The number of halogens is 1. The molecule has 4 aromatic rings. The van der Waals surface area contributed by atoms with Gasteiger partial charge in [-0.2, -0.15) is 5.10 Å². The quantitative estimate of drug-likeness (QED) is 0.340. The maximum Gasteiger partial charge on any atom is 0.127 e. The summed E-state index contributed by atoms with van der Waals surface area (Å²) in [6.07, 6.45) is 6.85.